The Morgan fingerprint density at radius 2 is 2.00 bits per heavy atom. The maximum Gasteiger partial charge on any atom is 0.274 e. The standard InChI is InChI=1S/C23H22FN7O3/c1-30(2)15-6-4-5-13(17(15)24)11-27-22(33)20-21(25)29-19(23-26-9-10-34-23)18(28-20)14-7-8-16(32)31(3)12-14/h4-10,12H,11H2,1-3H3,(H2,25,29)(H,27,33). The largest absolute Gasteiger partial charge is 0.443 e. The Morgan fingerprint density at radius 3 is 2.68 bits per heavy atom. The van der Waals surface area contributed by atoms with Gasteiger partial charge in [-0.15, -0.1) is 0 Å². The van der Waals surface area contributed by atoms with Crippen molar-refractivity contribution in [2.24, 2.45) is 7.05 Å². The molecule has 34 heavy (non-hydrogen) atoms. The number of oxazole rings is 1. The second kappa shape index (κ2) is 9.14. The number of amides is 1. The molecule has 0 unspecified atom stereocenters. The Bertz CT molecular complexity index is 1410. The van der Waals surface area contributed by atoms with Crippen LogP contribution in [-0.2, 0) is 13.6 Å². The zero-order valence-corrected chi connectivity index (χ0v) is 18.7. The van der Waals surface area contributed by atoms with Gasteiger partial charge in [-0.05, 0) is 12.1 Å². The van der Waals surface area contributed by atoms with Gasteiger partial charge < -0.3 is 24.9 Å². The van der Waals surface area contributed by atoms with Crippen molar-refractivity contribution in [1.82, 2.24) is 24.8 Å². The fourth-order valence-electron chi connectivity index (χ4n) is 3.35. The van der Waals surface area contributed by atoms with Crippen LogP contribution in [0.5, 0.6) is 0 Å². The number of pyridine rings is 1. The molecule has 1 amide bonds. The molecule has 4 rings (SSSR count). The molecule has 3 N–H and O–H groups in total. The van der Waals surface area contributed by atoms with Crippen LogP contribution in [-0.4, -0.2) is 39.5 Å². The van der Waals surface area contributed by atoms with Gasteiger partial charge in [0.1, 0.15) is 12.0 Å². The van der Waals surface area contributed by atoms with E-state index in [1.165, 1.54) is 23.1 Å². The number of rotatable bonds is 6. The molecule has 0 atom stereocenters. The van der Waals surface area contributed by atoms with Gasteiger partial charge >= 0.3 is 0 Å². The van der Waals surface area contributed by atoms with Gasteiger partial charge in [-0.25, -0.2) is 19.3 Å². The van der Waals surface area contributed by atoms with Crippen LogP contribution in [0.15, 0.2) is 58.2 Å². The predicted molar refractivity (Wildman–Crippen MR) is 125 cm³/mol. The van der Waals surface area contributed by atoms with Crippen molar-refractivity contribution in [1.29, 1.82) is 0 Å². The highest BCUT2D eigenvalue weighted by Crippen LogP contribution is 2.29. The number of halogens is 1. The van der Waals surface area contributed by atoms with Crippen molar-refractivity contribution >= 4 is 17.4 Å². The van der Waals surface area contributed by atoms with E-state index in [1.54, 1.807) is 56.5 Å². The molecule has 0 aliphatic carbocycles. The molecular formula is C23H22FN7O3. The van der Waals surface area contributed by atoms with E-state index in [1.807, 2.05) is 0 Å². The first-order valence-electron chi connectivity index (χ1n) is 10.2. The van der Waals surface area contributed by atoms with Crippen molar-refractivity contribution < 1.29 is 13.6 Å². The van der Waals surface area contributed by atoms with Gasteiger partial charge in [0.2, 0.25) is 11.4 Å². The van der Waals surface area contributed by atoms with Crippen LogP contribution in [0.3, 0.4) is 0 Å². The van der Waals surface area contributed by atoms with Gasteiger partial charge in [0, 0.05) is 51.1 Å². The summed E-state index contributed by atoms with van der Waals surface area (Å²) in [5.41, 5.74) is 7.35. The number of aromatic nitrogens is 4. The minimum Gasteiger partial charge on any atom is -0.443 e. The SMILES string of the molecule is CN(C)c1cccc(CNC(=O)c2nc(-c3ccc(=O)n(C)c3)c(-c3ncco3)nc2N)c1F. The zero-order valence-electron chi connectivity index (χ0n) is 18.7. The molecule has 0 fully saturated rings. The summed E-state index contributed by atoms with van der Waals surface area (Å²) < 4.78 is 21.5. The number of nitrogen functional groups attached to an aromatic ring is 1. The second-order valence-electron chi connectivity index (χ2n) is 7.69. The average molecular weight is 463 g/mol. The number of aryl methyl sites for hydroxylation is 1. The lowest BCUT2D eigenvalue weighted by Gasteiger charge is -2.16. The smallest absolute Gasteiger partial charge is 0.274 e. The Labute approximate surface area is 193 Å². The summed E-state index contributed by atoms with van der Waals surface area (Å²) in [6.45, 7) is -0.0792. The van der Waals surface area contributed by atoms with E-state index in [0.29, 0.717) is 16.8 Å². The van der Waals surface area contributed by atoms with E-state index < -0.39 is 11.7 Å². The summed E-state index contributed by atoms with van der Waals surface area (Å²) >= 11 is 0. The van der Waals surface area contributed by atoms with Crippen LogP contribution in [0.1, 0.15) is 16.1 Å². The first kappa shape index (κ1) is 22.6. The van der Waals surface area contributed by atoms with E-state index in [2.05, 4.69) is 20.3 Å². The van der Waals surface area contributed by atoms with Crippen molar-refractivity contribution in [2.45, 2.75) is 6.54 Å². The summed E-state index contributed by atoms with van der Waals surface area (Å²) in [4.78, 5) is 39.3. The third-order valence-corrected chi connectivity index (χ3v) is 5.11. The lowest BCUT2D eigenvalue weighted by molar-refractivity contribution is 0.0946. The Balaban J connectivity index is 1.71. The van der Waals surface area contributed by atoms with E-state index in [9.17, 15) is 14.0 Å². The maximum absolute atomic E-state index is 14.7. The molecule has 1 aromatic carbocycles. The molecule has 3 heterocycles. The first-order chi connectivity index (χ1) is 16.3. The molecule has 0 bridgehead atoms. The van der Waals surface area contributed by atoms with Gasteiger partial charge in [-0.2, -0.15) is 0 Å². The highest BCUT2D eigenvalue weighted by molar-refractivity contribution is 5.97. The average Bonchev–Trinajstić information content (AvgIpc) is 3.34. The van der Waals surface area contributed by atoms with Crippen molar-refractivity contribution in [3.63, 3.8) is 0 Å². The molecular weight excluding hydrogens is 441 g/mol. The van der Waals surface area contributed by atoms with Gasteiger partial charge in [0.15, 0.2) is 23.0 Å². The van der Waals surface area contributed by atoms with Gasteiger partial charge in [-0.1, -0.05) is 12.1 Å². The molecule has 3 aromatic heterocycles. The highest BCUT2D eigenvalue weighted by atomic mass is 19.1. The number of nitrogens with one attached hydrogen (secondary N) is 1. The monoisotopic (exact) mass is 463 g/mol. The molecule has 0 aliphatic heterocycles. The summed E-state index contributed by atoms with van der Waals surface area (Å²) in [7, 11) is 5.05. The summed E-state index contributed by atoms with van der Waals surface area (Å²) in [5, 5.41) is 2.64. The molecule has 4 aromatic rings. The highest BCUT2D eigenvalue weighted by Gasteiger charge is 2.22. The topological polar surface area (TPSA) is 132 Å². The molecule has 11 heteroatoms. The third kappa shape index (κ3) is 4.35. The number of benzene rings is 1. The summed E-state index contributed by atoms with van der Waals surface area (Å²) in [6, 6.07) is 7.85. The molecule has 0 radical (unpaired) electrons. The maximum atomic E-state index is 14.7. The van der Waals surface area contributed by atoms with Crippen LogP contribution >= 0.6 is 0 Å². The first-order valence-corrected chi connectivity index (χ1v) is 10.2. The molecule has 0 saturated carbocycles. The van der Waals surface area contributed by atoms with Gasteiger partial charge in [-0.3, -0.25) is 9.59 Å². The molecule has 174 valence electrons. The third-order valence-electron chi connectivity index (χ3n) is 5.11. The van der Waals surface area contributed by atoms with Crippen molar-refractivity contribution in [3.05, 3.63) is 76.4 Å². The Kier molecular flexibility index (Phi) is 6.09. The number of hydrogen-bond donors (Lipinski definition) is 2. The Hall–Kier alpha value is -4.54. The van der Waals surface area contributed by atoms with Crippen molar-refractivity contribution in [2.75, 3.05) is 24.7 Å². The van der Waals surface area contributed by atoms with Crippen molar-refractivity contribution in [3.8, 4) is 22.8 Å². The van der Waals surface area contributed by atoms with E-state index in [0.717, 1.165) is 0 Å². The predicted octanol–water partition coefficient (Wildman–Crippen LogP) is 2.21. The lowest BCUT2D eigenvalue weighted by atomic mass is 10.1. The minimum absolute atomic E-state index is 0.0792. The molecule has 0 spiro atoms. The normalized spacial score (nSPS) is 10.8. The fourth-order valence-corrected chi connectivity index (χ4v) is 3.35. The van der Waals surface area contributed by atoms with E-state index in [-0.39, 0.29) is 40.9 Å². The van der Waals surface area contributed by atoms with Crippen LogP contribution < -0.4 is 21.5 Å². The lowest BCUT2D eigenvalue weighted by Crippen LogP contribution is -2.26. The zero-order chi connectivity index (χ0) is 24.4. The number of nitrogens with two attached hydrogens (primary N) is 1. The van der Waals surface area contributed by atoms with Crippen LogP contribution in [0.2, 0.25) is 0 Å². The fraction of sp³-hybridized carbons (Fsp3) is 0.174. The number of nitrogens with zero attached hydrogens (tertiary/aromatic N) is 5. The molecule has 0 aliphatic rings. The molecule has 10 nitrogen and oxygen atoms in total. The van der Waals surface area contributed by atoms with Crippen LogP contribution in [0.4, 0.5) is 15.9 Å². The quantitative estimate of drug-likeness (QED) is 0.445. The number of anilines is 2. The molecule has 0 saturated heterocycles. The van der Waals surface area contributed by atoms with Gasteiger partial charge in [0.05, 0.1) is 11.9 Å². The number of carbonyl (C=O) groups excluding carboxylic acids is 1. The second-order valence-corrected chi connectivity index (χ2v) is 7.69. The summed E-state index contributed by atoms with van der Waals surface area (Å²) in [5.74, 6) is -1.07. The van der Waals surface area contributed by atoms with Gasteiger partial charge in [0.25, 0.3) is 5.91 Å². The number of carbonyl (C=O) groups is 1. The summed E-state index contributed by atoms with van der Waals surface area (Å²) in [6.07, 6.45) is 4.36. The van der Waals surface area contributed by atoms with Crippen LogP contribution in [0, 0.1) is 5.82 Å². The van der Waals surface area contributed by atoms with E-state index in [4.69, 9.17) is 10.2 Å². The Morgan fingerprint density at radius 1 is 1.21 bits per heavy atom. The number of hydrogen-bond acceptors (Lipinski definition) is 8. The van der Waals surface area contributed by atoms with E-state index >= 15 is 0 Å². The van der Waals surface area contributed by atoms with Crippen LogP contribution in [0.25, 0.3) is 22.8 Å². The minimum atomic E-state index is -0.635.